The fraction of sp³-hybridized carbons (Fsp3) is 0.182. The first-order chi connectivity index (χ1) is 7.27. The third kappa shape index (κ3) is 2.22. The van der Waals surface area contributed by atoms with E-state index in [1.807, 2.05) is 0 Å². The molecule has 0 aliphatic rings. The van der Waals surface area contributed by atoms with Gasteiger partial charge in [-0.25, -0.2) is 4.39 Å². The molecule has 0 bridgehead atoms. The van der Waals surface area contributed by atoms with Gasteiger partial charge in [-0.05, 0) is 18.2 Å². The van der Waals surface area contributed by atoms with E-state index < -0.39 is 11.9 Å². The molecule has 0 aromatic carbocycles. The van der Waals surface area contributed by atoms with E-state index in [0.29, 0.717) is 5.76 Å². The molecule has 1 N–H and O–H groups in total. The van der Waals surface area contributed by atoms with Crippen molar-refractivity contribution in [2.24, 2.45) is 0 Å². The summed E-state index contributed by atoms with van der Waals surface area (Å²) >= 11 is 0. The Bertz CT molecular complexity index is 428. The lowest BCUT2D eigenvalue weighted by atomic mass is 10.1. The highest BCUT2D eigenvalue weighted by Crippen LogP contribution is 2.20. The number of aliphatic hydroxyl groups excluding tert-OH is 1. The Morgan fingerprint density at radius 2 is 2.33 bits per heavy atom. The van der Waals surface area contributed by atoms with Gasteiger partial charge in [0, 0.05) is 18.2 Å². The monoisotopic (exact) mass is 207 g/mol. The van der Waals surface area contributed by atoms with E-state index >= 15 is 0 Å². The summed E-state index contributed by atoms with van der Waals surface area (Å²) in [5.74, 6) is 0.121. The minimum atomic E-state index is -0.904. The van der Waals surface area contributed by atoms with Crippen molar-refractivity contribution in [3.63, 3.8) is 0 Å². The molecule has 1 atom stereocenters. The van der Waals surface area contributed by atoms with Crippen LogP contribution in [-0.4, -0.2) is 10.1 Å². The third-order valence-electron chi connectivity index (χ3n) is 2.14. The molecule has 2 aromatic heterocycles. The van der Waals surface area contributed by atoms with Crippen molar-refractivity contribution in [2.45, 2.75) is 12.5 Å². The van der Waals surface area contributed by atoms with Gasteiger partial charge in [0.25, 0.3) is 0 Å². The maximum atomic E-state index is 13.2. The summed E-state index contributed by atoms with van der Waals surface area (Å²) in [4.78, 5) is 3.61. The number of nitrogens with zero attached hydrogens (tertiary/aromatic N) is 1. The van der Waals surface area contributed by atoms with Gasteiger partial charge in [0.1, 0.15) is 11.6 Å². The standard InChI is InChI=1S/C11H10FNO2/c12-10-7-13-4-3-9(10)11(14)6-8-2-1-5-15-8/h1-5,7,11,14H,6H2. The Morgan fingerprint density at radius 1 is 1.47 bits per heavy atom. The lowest BCUT2D eigenvalue weighted by Crippen LogP contribution is -2.04. The number of aliphatic hydroxyl groups is 1. The second-order valence-corrected chi connectivity index (χ2v) is 3.20. The van der Waals surface area contributed by atoms with Crippen molar-refractivity contribution in [1.29, 1.82) is 0 Å². The maximum absolute atomic E-state index is 13.2. The molecular weight excluding hydrogens is 197 g/mol. The van der Waals surface area contributed by atoms with E-state index in [2.05, 4.69) is 4.98 Å². The molecule has 0 radical (unpaired) electrons. The normalized spacial score (nSPS) is 12.7. The van der Waals surface area contributed by atoms with Gasteiger partial charge in [0.05, 0.1) is 18.6 Å². The highest BCUT2D eigenvalue weighted by atomic mass is 19.1. The third-order valence-corrected chi connectivity index (χ3v) is 2.14. The molecule has 2 heterocycles. The van der Waals surface area contributed by atoms with Gasteiger partial charge in [-0.3, -0.25) is 4.98 Å². The summed E-state index contributed by atoms with van der Waals surface area (Å²) in [6.45, 7) is 0. The molecule has 0 spiro atoms. The molecule has 2 aromatic rings. The first-order valence-corrected chi connectivity index (χ1v) is 4.57. The van der Waals surface area contributed by atoms with Crippen LogP contribution in [0, 0.1) is 5.82 Å². The van der Waals surface area contributed by atoms with Crippen LogP contribution in [0.15, 0.2) is 41.3 Å². The van der Waals surface area contributed by atoms with E-state index in [-0.39, 0.29) is 12.0 Å². The molecule has 0 aliphatic heterocycles. The Kier molecular flexibility index (Phi) is 2.78. The molecular formula is C11H10FNO2. The van der Waals surface area contributed by atoms with Crippen LogP contribution in [-0.2, 0) is 6.42 Å². The zero-order chi connectivity index (χ0) is 10.7. The Hall–Kier alpha value is -1.68. The van der Waals surface area contributed by atoms with Gasteiger partial charge in [-0.1, -0.05) is 0 Å². The van der Waals surface area contributed by atoms with Crippen LogP contribution in [0.25, 0.3) is 0 Å². The van der Waals surface area contributed by atoms with Crippen molar-refractivity contribution in [1.82, 2.24) is 4.98 Å². The zero-order valence-electron chi connectivity index (χ0n) is 7.93. The van der Waals surface area contributed by atoms with Crippen LogP contribution in [0.4, 0.5) is 4.39 Å². The number of hydrogen-bond acceptors (Lipinski definition) is 3. The number of pyridine rings is 1. The largest absolute Gasteiger partial charge is 0.469 e. The summed E-state index contributed by atoms with van der Waals surface area (Å²) in [5, 5.41) is 9.75. The summed E-state index contributed by atoms with van der Waals surface area (Å²) in [6.07, 6.45) is 3.41. The first-order valence-electron chi connectivity index (χ1n) is 4.57. The summed E-state index contributed by atoms with van der Waals surface area (Å²) in [5.41, 5.74) is 0.237. The van der Waals surface area contributed by atoms with Crippen molar-refractivity contribution < 1.29 is 13.9 Å². The second-order valence-electron chi connectivity index (χ2n) is 3.20. The van der Waals surface area contributed by atoms with E-state index in [4.69, 9.17) is 4.42 Å². The maximum Gasteiger partial charge on any atom is 0.147 e. The summed E-state index contributed by atoms with van der Waals surface area (Å²) in [7, 11) is 0. The van der Waals surface area contributed by atoms with Crippen molar-refractivity contribution in [3.8, 4) is 0 Å². The van der Waals surface area contributed by atoms with Gasteiger partial charge in [-0.2, -0.15) is 0 Å². The molecule has 3 nitrogen and oxygen atoms in total. The number of hydrogen-bond donors (Lipinski definition) is 1. The fourth-order valence-corrected chi connectivity index (χ4v) is 1.39. The average Bonchev–Trinajstić information content (AvgIpc) is 2.71. The van der Waals surface area contributed by atoms with Crippen LogP contribution in [0.5, 0.6) is 0 Å². The number of rotatable bonds is 3. The minimum absolute atomic E-state index is 0.237. The molecule has 2 rings (SSSR count). The minimum Gasteiger partial charge on any atom is -0.469 e. The van der Waals surface area contributed by atoms with Crippen LogP contribution in [0.2, 0.25) is 0 Å². The van der Waals surface area contributed by atoms with E-state index in [0.717, 1.165) is 6.20 Å². The molecule has 15 heavy (non-hydrogen) atoms. The molecule has 0 aliphatic carbocycles. The predicted molar refractivity (Wildman–Crippen MR) is 51.6 cm³/mol. The van der Waals surface area contributed by atoms with E-state index in [9.17, 15) is 9.50 Å². The predicted octanol–water partition coefficient (Wildman–Crippen LogP) is 2.09. The SMILES string of the molecule is OC(Cc1ccco1)c1ccncc1F. The fourth-order valence-electron chi connectivity index (χ4n) is 1.39. The molecule has 4 heteroatoms. The number of furan rings is 1. The molecule has 78 valence electrons. The first kappa shape index (κ1) is 9.86. The highest BCUT2D eigenvalue weighted by molar-refractivity contribution is 5.17. The van der Waals surface area contributed by atoms with Crippen LogP contribution in [0.3, 0.4) is 0 Å². The van der Waals surface area contributed by atoms with Gasteiger partial charge in [-0.15, -0.1) is 0 Å². The topological polar surface area (TPSA) is 46.3 Å². The molecule has 0 saturated heterocycles. The van der Waals surface area contributed by atoms with Crippen molar-refractivity contribution in [2.75, 3.05) is 0 Å². The number of halogens is 1. The summed E-state index contributed by atoms with van der Waals surface area (Å²) < 4.78 is 18.3. The summed E-state index contributed by atoms with van der Waals surface area (Å²) in [6, 6.07) is 4.93. The van der Waals surface area contributed by atoms with Gasteiger partial charge >= 0.3 is 0 Å². The lowest BCUT2D eigenvalue weighted by molar-refractivity contribution is 0.165. The van der Waals surface area contributed by atoms with Gasteiger partial charge in [0.15, 0.2) is 0 Å². The number of aromatic nitrogens is 1. The molecule has 0 fully saturated rings. The average molecular weight is 207 g/mol. The zero-order valence-corrected chi connectivity index (χ0v) is 7.93. The van der Waals surface area contributed by atoms with Crippen molar-refractivity contribution in [3.05, 3.63) is 54.0 Å². The Morgan fingerprint density at radius 3 is 3.00 bits per heavy atom. The molecule has 0 amide bonds. The highest BCUT2D eigenvalue weighted by Gasteiger charge is 2.14. The Balaban J connectivity index is 2.15. The smallest absolute Gasteiger partial charge is 0.147 e. The van der Waals surface area contributed by atoms with Crippen LogP contribution < -0.4 is 0 Å². The second kappa shape index (κ2) is 4.23. The molecule has 1 unspecified atom stereocenters. The van der Waals surface area contributed by atoms with Crippen LogP contribution in [0.1, 0.15) is 17.4 Å². The van der Waals surface area contributed by atoms with Gasteiger partial charge < -0.3 is 9.52 Å². The van der Waals surface area contributed by atoms with E-state index in [1.165, 1.54) is 18.5 Å². The molecule has 0 saturated carbocycles. The van der Waals surface area contributed by atoms with E-state index in [1.54, 1.807) is 12.1 Å². The lowest BCUT2D eigenvalue weighted by Gasteiger charge is -2.09. The Labute approximate surface area is 86.2 Å². The quantitative estimate of drug-likeness (QED) is 0.838. The van der Waals surface area contributed by atoms with Gasteiger partial charge in [0.2, 0.25) is 0 Å². The van der Waals surface area contributed by atoms with Crippen LogP contribution >= 0.6 is 0 Å². The van der Waals surface area contributed by atoms with Crippen molar-refractivity contribution >= 4 is 0 Å².